The number of anilines is 1. The first kappa shape index (κ1) is 19.3. The third kappa shape index (κ3) is 6.07. The largest absolute Gasteiger partial charge is 0.493 e. The monoisotopic (exact) mass is 381 g/mol. The van der Waals surface area contributed by atoms with Gasteiger partial charge in [-0.1, -0.05) is 17.7 Å². The summed E-state index contributed by atoms with van der Waals surface area (Å²) in [6.45, 7) is 2.31. The predicted molar refractivity (Wildman–Crippen MR) is 99.1 cm³/mol. The van der Waals surface area contributed by atoms with E-state index in [1.807, 2.05) is 13.0 Å². The van der Waals surface area contributed by atoms with Crippen molar-refractivity contribution in [3.63, 3.8) is 0 Å². The molecule has 0 atom stereocenters. The Kier molecular flexibility index (Phi) is 6.45. The van der Waals surface area contributed by atoms with Gasteiger partial charge in [0.05, 0.1) is 11.5 Å². The lowest BCUT2D eigenvalue weighted by Crippen LogP contribution is -2.13. The number of carbonyl (C=O) groups excluding carboxylic acids is 1. The summed E-state index contributed by atoms with van der Waals surface area (Å²) in [5.41, 5.74) is 1.40. The van der Waals surface area contributed by atoms with Crippen LogP contribution in [0.2, 0.25) is 5.02 Å². The predicted octanol–water partition coefficient (Wildman–Crippen LogP) is 3.85. The smallest absolute Gasteiger partial charge is 0.224 e. The second-order valence-electron chi connectivity index (χ2n) is 5.71. The number of nitrogens with one attached hydrogen (secondary N) is 1. The third-order valence-electron chi connectivity index (χ3n) is 3.49. The van der Waals surface area contributed by atoms with Gasteiger partial charge >= 0.3 is 0 Å². The first-order valence-corrected chi connectivity index (χ1v) is 10.0. The summed E-state index contributed by atoms with van der Waals surface area (Å²) in [6, 6.07) is 11.6. The van der Waals surface area contributed by atoms with Crippen molar-refractivity contribution in [2.45, 2.75) is 24.7 Å². The van der Waals surface area contributed by atoms with Crippen molar-refractivity contribution in [2.75, 3.05) is 18.2 Å². The Labute approximate surface area is 152 Å². The summed E-state index contributed by atoms with van der Waals surface area (Å²) in [4.78, 5) is 12.1. The highest BCUT2D eigenvalue weighted by atomic mass is 35.5. The van der Waals surface area contributed by atoms with E-state index >= 15 is 0 Å². The molecular weight excluding hydrogens is 362 g/mol. The molecule has 0 heterocycles. The van der Waals surface area contributed by atoms with Crippen LogP contribution in [0.25, 0.3) is 0 Å². The highest BCUT2D eigenvalue weighted by Gasteiger charge is 2.09. The Morgan fingerprint density at radius 2 is 1.96 bits per heavy atom. The van der Waals surface area contributed by atoms with E-state index in [0.29, 0.717) is 23.7 Å². The van der Waals surface area contributed by atoms with E-state index < -0.39 is 9.84 Å². The van der Waals surface area contributed by atoms with Gasteiger partial charge in [0.15, 0.2) is 9.84 Å². The fourth-order valence-corrected chi connectivity index (χ4v) is 3.11. The van der Waals surface area contributed by atoms with Gasteiger partial charge in [-0.25, -0.2) is 8.42 Å². The molecule has 0 spiro atoms. The fraction of sp³-hybridized carbons (Fsp3) is 0.278. The zero-order valence-electron chi connectivity index (χ0n) is 14.1. The molecule has 0 aromatic heterocycles. The molecular formula is C18H20ClNO4S. The van der Waals surface area contributed by atoms with Crippen LogP contribution >= 0.6 is 11.6 Å². The number of benzene rings is 2. The average molecular weight is 382 g/mol. The van der Waals surface area contributed by atoms with Gasteiger partial charge in [-0.3, -0.25) is 4.79 Å². The molecule has 25 heavy (non-hydrogen) atoms. The van der Waals surface area contributed by atoms with Crippen molar-refractivity contribution in [3.8, 4) is 5.75 Å². The lowest BCUT2D eigenvalue weighted by Gasteiger charge is -2.10. The van der Waals surface area contributed by atoms with Gasteiger partial charge in [0, 0.05) is 23.4 Å². The van der Waals surface area contributed by atoms with Crippen LogP contribution in [0.5, 0.6) is 5.75 Å². The van der Waals surface area contributed by atoms with Crippen LogP contribution in [-0.2, 0) is 14.6 Å². The van der Waals surface area contributed by atoms with Crippen LogP contribution in [-0.4, -0.2) is 27.2 Å². The van der Waals surface area contributed by atoms with Gasteiger partial charge in [0.1, 0.15) is 5.75 Å². The summed E-state index contributed by atoms with van der Waals surface area (Å²) < 4.78 is 28.7. The van der Waals surface area contributed by atoms with E-state index in [4.69, 9.17) is 16.3 Å². The minimum absolute atomic E-state index is 0.173. The Bertz CT molecular complexity index is 865. The number of carbonyl (C=O) groups is 1. The van der Waals surface area contributed by atoms with Crippen LogP contribution in [0, 0.1) is 6.92 Å². The summed E-state index contributed by atoms with van der Waals surface area (Å²) in [7, 11) is -3.30. The maximum atomic E-state index is 12.0. The normalized spacial score (nSPS) is 11.2. The summed E-state index contributed by atoms with van der Waals surface area (Å²) in [6.07, 6.45) is 1.94. The van der Waals surface area contributed by atoms with Crippen LogP contribution in [0.15, 0.2) is 47.4 Å². The number of hydrogen-bond acceptors (Lipinski definition) is 4. The molecule has 2 aromatic rings. The molecule has 5 nitrogen and oxygen atoms in total. The number of hydrogen-bond donors (Lipinski definition) is 1. The Balaban J connectivity index is 1.81. The van der Waals surface area contributed by atoms with Crippen molar-refractivity contribution in [3.05, 3.63) is 53.1 Å². The molecule has 0 aliphatic rings. The van der Waals surface area contributed by atoms with Gasteiger partial charge in [-0.2, -0.15) is 0 Å². The van der Waals surface area contributed by atoms with E-state index in [2.05, 4.69) is 5.32 Å². The molecule has 0 radical (unpaired) electrons. The van der Waals surface area contributed by atoms with Gasteiger partial charge in [-0.05, 0) is 55.3 Å². The molecule has 2 aromatic carbocycles. The number of ether oxygens (including phenoxy) is 1. The van der Waals surface area contributed by atoms with Crippen LogP contribution in [0.3, 0.4) is 0 Å². The summed E-state index contributed by atoms with van der Waals surface area (Å²) >= 11 is 5.89. The minimum atomic E-state index is -3.30. The van der Waals surface area contributed by atoms with Gasteiger partial charge in [-0.15, -0.1) is 0 Å². The van der Waals surface area contributed by atoms with Crippen LogP contribution in [0.1, 0.15) is 18.4 Å². The first-order valence-electron chi connectivity index (χ1n) is 7.74. The zero-order chi connectivity index (χ0) is 18.4. The topological polar surface area (TPSA) is 72.5 Å². The van der Waals surface area contributed by atoms with Gasteiger partial charge in [0.2, 0.25) is 5.91 Å². The molecule has 0 aliphatic heterocycles. The van der Waals surface area contributed by atoms with Crippen molar-refractivity contribution < 1.29 is 17.9 Å². The highest BCUT2D eigenvalue weighted by Crippen LogP contribution is 2.22. The molecule has 0 saturated carbocycles. The second kappa shape index (κ2) is 8.36. The van der Waals surface area contributed by atoms with Crippen molar-refractivity contribution in [2.24, 2.45) is 0 Å². The highest BCUT2D eigenvalue weighted by molar-refractivity contribution is 7.90. The molecule has 0 fully saturated rings. The molecule has 2 rings (SSSR count). The molecule has 7 heteroatoms. The number of amides is 1. The van der Waals surface area contributed by atoms with Gasteiger partial charge < -0.3 is 10.1 Å². The zero-order valence-corrected chi connectivity index (χ0v) is 15.7. The number of rotatable bonds is 7. The second-order valence-corrected chi connectivity index (χ2v) is 8.16. The molecule has 0 unspecified atom stereocenters. The molecule has 1 amide bonds. The summed E-state index contributed by atoms with van der Waals surface area (Å²) in [5.74, 6) is 0.549. The lowest BCUT2D eigenvalue weighted by molar-refractivity contribution is -0.116. The Morgan fingerprint density at radius 1 is 1.20 bits per heavy atom. The van der Waals surface area contributed by atoms with E-state index in [1.165, 1.54) is 12.1 Å². The lowest BCUT2D eigenvalue weighted by atomic mass is 10.2. The number of sulfone groups is 1. The van der Waals surface area contributed by atoms with E-state index in [-0.39, 0.29) is 17.2 Å². The minimum Gasteiger partial charge on any atom is -0.493 e. The first-order chi connectivity index (χ1) is 11.8. The number of halogens is 1. The van der Waals surface area contributed by atoms with Crippen molar-refractivity contribution in [1.82, 2.24) is 0 Å². The maximum absolute atomic E-state index is 12.0. The fourth-order valence-electron chi connectivity index (χ4n) is 2.22. The quantitative estimate of drug-likeness (QED) is 0.739. The number of aryl methyl sites for hydroxylation is 1. The van der Waals surface area contributed by atoms with Crippen molar-refractivity contribution in [1.29, 1.82) is 0 Å². The molecule has 0 aliphatic carbocycles. The van der Waals surface area contributed by atoms with E-state index in [9.17, 15) is 13.2 Å². The standard InChI is InChI=1S/C18H20ClNO4S/c1-13-11-14(19)8-9-17(13)24-10-4-7-18(21)20-15-5-3-6-16(12-15)25(2,22)23/h3,5-6,8-9,11-12H,4,7,10H2,1-2H3,(H,20,21). The molecule has 0 saturated heterocycles. The third-order valence-corrected chi connectivity index (χ3v) is 4.83. The molecule has 134 valence electrons. The molecule has 0 bridgehead atoms. The Hall–Kier alpha value is -2.05. The molecule has 1 N–H and O–H groups in total. The summed E-state index contributed by atoms with van der Waals surface area (Å²) in [5, 5.41) is 3.35. The SMILES string of the molecule is Cc1cc(Cl)ccc1OCCCC(=O)Nc1cccc(S(C)(=O)=O)c1. The van der Waals surface area contributed by atoms with E-state index in [0.717, 1.165) is 17.6 Å². The van der Waals surface area contributed by atoms with Crippen LogP contribution in [0.4, 0.5) is 5.69 Å². The van der Waals surface area contributed by atoms with Crippen LogP contribution < -0.4 is 10.1 Å². The average Bonchev–Trinajstić information content (AvgIpc) is 2.52. The van der Waals surface area contributed by atoms with Crippen molar-refractivity contribution >= 4 is 33.0 Å². The van der Waals surface area contributed by atoms with E-state index in [1.54, 1.807) is 24.3 Å². The van der Waals surface area contributed by atoms with Gasteiger partial charge in [0.25, 0.3) is 0 Å². The maximum Gasteiger partial charge on any atom is 0.224 e. The Morgan fingerprint density at radius 3 is 2.64 bits per heavy atom.